The molecule has 1 N–H and O–H groups in total. The minimum Gasteiger partial charge on any atom is -0.490 e. The molecule has 0 radical (unpaired) electrons. The number of ether oxygens (including phenoxy) is 2. The highest BCUT2D eigenvalue weighted by Crippen LogP contribution is 2.51. The van der Waals surface area contributed by atoms with E-state index < -0.39 is 0 Å². The van der Waals surface area contributed by atoms with Crippen molar-refractivity contribution in [3.8, 4) is 22.6 Å². The van der Waals surface area contributed by atoms with Gasteiger partial charge in [-0.15, -0.1) is 31.7 Å². The van der Waals surface area contributed by atoms with E-state index in [-0.39, 0.29) is 30.2 Å². The predicted molar refractivity (Wildman–Crippen MR) is 224 cm³/mol. The van der Waals surface area contributed by atoms with Crippen molar-refractivity contribution >= 4 is 40.4 Å². The summed E-state index contributed by atoms with van der Waals surface area (Å²) in [4.78, 5) is 21.8. The fraction of sp³-hybridized carbons (Fsp3) is 0.432. The van der Waals surface area contributed by atoms with Crippen LogP contribution in [-0.2, 0) is 0 Å². The van der Waals surface area contributed by atoms with Crippen molar-refractivity contribution in [1.82, 2.24) is 30.3 Å². The van der Waals surface area contributed by atoms with E-state index in [9.17, 15) is 4.79 Å². The zero-order valence-corrected chi connectivity index (χ0v) is 34.7. The lowest BCUT2D eigenvalue weighted by Crippen LogP contribution is -2.51. The van der Waals surface area contributed by atoms with E-state index in [1.54, 1.807) is 35.6 Å². The first-order valence-electron chi connectivity index (χ1n) is 20.2. The highest BCUT2D eigenvalue weighted by Gasteiger charge is 2.47. The van der Waals surface area contributed by atoms with Crippen LogP contribution in [-0.4, -0.2) is 67.9 Å². The molecule has 58 heavy (non-hydrogen) atoms. The average molecular weight is 816 g/mol. The van der Waals surface area contributed by atoms with Gasteiger partial charge in [0.2, 0.25) is 0 Å². The summed E-state index contributed by atoms with van der Waals surface area (Å²) in [6.45, 7) is 10.2. The maximum absolute atomic E-state index is 13.1. The second-order valence-corrected chi connectivity index (χ2v) is 17.9. The Balaban J connectivity index is 0.738. The van der Waals surface area contributed by atoms with Gasteiger partial charge in [0.1, 0.15) is 34.4 Å². The van der Waals surface area contributed by atoms with E-state index in [1.165, 1.54) is 10.4 Å². The van der Waals surface area contributed by atoms with Crippen molar-refractivity contribution in [2.45, 2.75) is 103 Å². The maximum Gasteiger partial charge on any atom is 0.272 e. The van der Waals surface area contributed by atoms with Crippen molar-refractivity contribution < 1.29 is 14.3 Å². The van der Waals surface area contributed by atoms with Crippen LogP contribution in [0.4, 0.5) is 5.82 Å². The van der Waals surface area contributed by atoms with Gasteiger partial charge in [-0.05, 0) is 139 Å². The number of aryl methyl sites for hydroxylation is 2. The normalized spacial score (nSPS) is 21.2. The lowest BCUT2D eigenvalue weighted by atomic mass is 9.61. The molecule has 4 aliphatic rings. The monoisotopic (exact) mass is 815 g/mol. The number of carbonyl (C=O) groups excluding carboxylic acids is 1. The van der Waals surface area contributed by atoms with Crippen LogP contribution in [0.1, 0.15) is 114 Å². The minimum absolute atomic E-state index is 0.0358. The fourth-order valence-electron chi connectivity index (χ4n) is 9.02. The Morgan fingerprint density at radius 2 is 1.64 bits per heavy atom. The van der Waals surface area contributed by atoms with Crippen LogP contribution in [0.2, 0.25) is 5.02 Å². The van der Waals surface area contributed by atoms with Crippen LogP contribution in [0.25, 0.3) is 5.00 Å². The number of anilines is 1. The Morgan fingerprint density at radius 1 is 0.914 bits per heavy atom. The number of aromatic nitrogens is 5. The fourth-order valence-corrected chi connectivity index (χ4v) is 10.5. The maximum atomic E-state index is 13.1. The Morgan fingerprint density at radius 3 is 2.33 bits per heavy atom. The third-order valence-electron chi connectivity index (χ3n) is 12.5. The number of halogens is 1. The third-order valence-corrected chi connectivity index (χ3v) is 14.0. The first-order chi connectivity index (χ1) is 28.1. The SMILES string of the molecule is Cc1sc2c(c1C)C(c1ccc(OC3CC4(CCN(c5ccc(C(=O)NC6CCC(Oc7ccc(C#N)c(Cl)c7)CC6)nn5)CC4)C3)cc1)=N[C@@H](C)c1nnc(C)n1-2. The topological polar surface area (TPSA) is 143 Å². The number of hydrogen-bond acceptors (Lipinski definition) is 11. The number of piperidine rings is 1. The number of amides is 1. The summed E-state index contributed by atoms with van der Waals surface area (Å²) in [5.74, 6) is 3.90. The van der Waals surface area contributed by atoms with E-state index in [2.05, 4.69) is 86.3 Å². The molecule has 1 atom stereocenters. The number of nitriles is 1. The quantitative estimate of drug-likeness (QED) is 0.163. The Kier molecular flexibility index (Phi) is 10.2. The zero-order valence-electron chi connectivity index (χ0n) is 33.2. The van der Waals surface area contributed by atoms with Crippen molar-refractivity contribution in [2.24, 2.45) is 10.4 Å². The molecule has 1 spiro atoms. The molecule has 1 saturated heterocycles. The smallest absolute Gasteiger partial charge is 0.272 e. The largest absolute Gasteiger partial charge is 0.490 e. The van der Waals surface area contributed by atoms with Gasteiger partial charge in [-0.2, -0.15) is 5.26 Å². The van der Waals surface area contributed by atoms with E-state index in [0.29, 0.717) is 27.4 Å². The number of benzene rings is 2. The molecule has 12 nitrogen and oxygen atoms in total. The van der Waals surface area contributed by atoms with E-state index in [1.807, 2.05) is 13.0 Å². The molecule has 5 heterocycles. The van der Waals surface area contributed by atoms with Gasteiger partial charge in [0, 0.05) is 41.2 Å². The number of aliphatic imine (C=N–C) groups is 1. The highest BCUT2D eigenvalue weighted by molar-refractivity contribution is 7.15. The van der Waals surface area contributed by atoms with Gasteiger partial charge in [-0.1, -0.05) is 11.6 Å². The molecule has 3 fully saturated rings. The van der Waals surface area contributed by atoms with Gasteiger partial charge >= 0.3 is 0 Å². The zero-order chi connectivity index (χ0) is 40.1. The van der Waals surface area contributed by atoms with Gasteiger partial charge < -0.3 is 19.7 Å². The van der Waals surface area contributed by atoms with Gasteiger partial charge in [0.15, 0.2) is 17.3 Å². The van der Waals surface area contributed by atoms with Crippen LogP contribution >= 0.6 is 22.9 Å². The summed E-state index contributed by atoms with van der Waals surface area (Å²) in [5, 5.41) is 31.4. The molecule has 2 aliphatic carbocycles. The minimum atomic E-state index is -0.203. The Hall–Kier alpha value is -5.32. The van der Waals surface area contributed by atoms with E-state index in [0.717, 1.165) is 110 Å². The van der Waals surface area contributed by atoms with E-state index >= 15 is 0 Å². The van der Waals surface area contributed by atoms with Gasteiger partial charge in [-0.25, -0.2) is 0 Å². The summed E-state index contributed by atoms with van der Waals surface area (Å²) in [5.41, 5.74) is 5.52. The number of nitrogens with zero attached hydrogens (tertiary/aromatic N) is 8. The number of carbonyl (C=O) groups is 1. The second kappa shape index (κ2) is 15.5. The number of rotatable bonds is 8. The van der Waals surface area contributed by atoms with Crippen LogP contribution < -0.4 is 19.7 Å². The molecule has 0 bridgehead atoms. The van der Waals surface area contributed by atoms with Crippen molar-refractivity contribution in [2.75, 3.05) is 18.0 Å². The number of fused-ring (bicyclic) bond motifs is 3. The van der Waals surface area contributed by atoms with Crippen molar-refractivity contribution in [1.29, 1.82) is 5.26 Å². The molecule has 2 aliphatic heterocycles. The first kappa shape index (κ1) is 38.2. The molecule has 1 amide bonds. The van der Waals surface area contributed by atoms with Gasteiger partial charge in [-0.3, -0.25) is 14.4 Å². The van der Waals surface area contributed by atoms with Crippen LogP contribution in [0.5, 0.6) is 11.5 Å². The molecule has 5 aromatic rings. The molecule has 9 rings (SSSR count). The summed E-state index contributed by atoms with van der Waals surface area (Å²) < 4.78 is 14.8. The summed E-state index contributed by atoms with van der Waals surface area (Å²) in [7, 11) is 0. The number of hydrogen-bond donors (Lipinski definition) is 1. The summed E-state index contributed by atoms with van der Waals surface area (Å²) >= 11 is 7.93. The molecule has 298 valence electrons. The lowest BCUT2D eigenvalue weighted by molar-refractivity contribution is -0.0311. The van der Waals surface area contributed by atoms with Gasteiger partial charge in [0.05, 0.1) is 28.5 Å². The summed E-state index contributed by atoms with van der Waals surface area (Å²) in [6, 6.07) is 19.3. The first-order valence-corrected chi connectivity index (χ1v) is 21.4. The molecule has 2 saturated carbocycles. The molecular weight excluding hydrogens is 770 g/mol. The number of nitrogens with one attached hydrogen (secondary N) is 1. The van der Waals surface area contributed by atoms with Crippen molar-refractivity contribution in [3.05, 3.63) is 104 Å². The van der Waals surface area contributed by atoms with Crippen LogP contribution in [0, 0.1) is 37.5 Å². The molecular formula is C44H46ClN9O3S. The molecule has 14 heteroatoms. The second-order valence-electron chi connectivity index (χ2n) is 16.3. The highest BCUT2D eigenvalue weighted by atomic mass is 35.5. The van der Waals surface area contributed by atoms with Crippen molar-refractivity contribution in [3.63, 3.8) is 0 Å². The predicted octanol–water partition coefficient (Wildman–Crippen LogP) is 8.43. The van der Waals surface area contributed by atoms with E-state index in [4.69, 9.17) is 31.3 Å². The average Bonchev–Trinajstić information content (AvgIpc) is 3.71. The number of thiophene rings is 1. The standard InChI is InChI=1S/C44H46ClN9O3S/c1-25-27(3)58-43-39(25)40(47-26(2)41-52-49-28(4)54(41)43)29-5-10-32(11-6-29)57-35-22-44(23-35)17-19-53(20-18-44)38-16-15-37(50-51-38)42(55)48-31-8-13-33(14-9-31)56-34-12-7-30(24-46)36(45)21-34/h5-7,10-12,15-16,21,26,31,33,35H,8-9,13-14,17-20,22-23H2,1-4H3,(H,48,55)/t26-,31?,33?/m0/s1. The molecule has 0 unspecified atom stereocenters. The Labute approximate surface area is 347 Å². The Bertz CT molecular complexity index is 2410. The van der Waals surface area contributed by atoms with Crippen LogP contribution in [0.15, 0.2) is 59.6 Å². The molecule has 3 aromatic heterocycles. The summed E-state index contributed by atoms with van der Waals surface area (Å²) in [6.07, 6.45) is 7.71. The van der Waals surface area contributed by atoms with Gasteiger partial charge in [0.25, 0.3) is 5.91 Å². The lowest BCUT2D eigenvalue weighted by Gasteiger charge is -2.51. The van der Waals surface area contributed by atoms with Crippen LogP contribution in [0.3, 0.4) is 0 Å². The third kappa shape index (κ3) is 7.32. The molecule has 2 aromatic carbocycles.